The summed E-state index contributed by atoms with van der Waals surface area (Å²) in [6.45, 7) is 2.85. The standard InChI is InChI=1S/C12H12F4N2O2/c1-6-5-8(3-4-9(6)17-7(2)19)18-11(20)12(15,16)10(13)14/h3-5,10H,1-2H3,(H,17,19)(H,18,20). The van der Waals surface area contributed by atoms with Gasteiger partial charge < -0.3 is 10.6 Å². The van der Waals surface area contributed by atoms with Crippen molar-refractivity contribution in [1.82, 2.24) is 0 Å². The Morgan fingerprint density at radius 1 is 1.20 bits per heavy atom. The van der Waals surface area contributed by atoms with E-state index in [4.69, 9.17) is 0 Å². The molecule has 0 aliphatic heterocycles. The summed E-state index contributed by atoms with van der Waals surface area (Å²) in [4.78, 5) is 21.9. The zero-order valence-electron chi connectivity index (χ0n) is 10.6. The average molecular weight is 292 g/mol. The van der Waals surface area contributed by atoms with E-state index >= 15 is 0 Å². The van der Waals surface area contributed by atoms with Crippen LogP contribution in [0.3, 0.4) is 0 Å². The highest BCUT2D eigenvalue weighted by molar-refractivity contribution is 5.97. The predicted octanol–water partition coefficient (Wildman–Crippen LogP) is 2.79. The minimum atomic E-state index is -4.76. The molecular formula is C12H12F4N2O2. The van der Waals surface area contributed by atoms with Crippen molar-refractivity contribution in [3.8, 4) is 0 Å². The zero-order chi connectivity index (χ0) is 15.5. The molecule has 0 aromatic heterocycles. The third-order valence-electron chi connectivity index (χ3n) is 2.37. The maximum atomic E-state index is 12.8. The van der Waals surface area contributed by atoms with Gasteiger partial charge in [0.15, 0.2) is 0 Å². The number of benzene rings is 1. The van der Waals surface area contributed by atoms with Crippen LogP contribution < -0.4 is 10.6 Å². The summed E-state index contributed by atoms with van der Waals surface area (Å²) in [5, 5.41) is 4.19. The third-order valence-corrected chi connectivity index (χ3v) is 2.37. The van der Waals surface area contributed by atoms with Crippen LogP contribution >= 0.6 is 0 Å². The second-order valence-corrected chi connectivity index (χ2v) is 4.09. The number of anilines is 2. The molecule has 0 fully saturated rings. The number of hydrogen-bond donors (Lipinski definition) is 2. The second-order valence-electron chi connectivity index (χ2n) is 4.09. The molecule has 0 radical (unpaired) electrons. The van der Waals surface area contributed by atoms with Crippen LogP contribution in [-0.4, -0.2) is 24.2 Å². The summed E-state index contributed by atoms with van der Waals surface area (Å²) in [7, 11) is 0. The molecule has 0 spiro atoms. The van der Waals surface area contributed by atoms with Gasteiger partial charge in [-0.1, -0.05) is 0 Å². The minimum absolute atomic E-state index is 0.0677. The lowest BCUT2D eigenvalue weighted by atomic mass is 10.1. The van der Waals surface area contributed by atoms with Crippen LogP contribution in [0.2, 0.25) is 0 Å². The van der Waals surface area contributed by atoms with E-state index in [1.807, 2.05) is 0 Å². The van der Waals surface area contributed by atoms with Crippen LogP contribution in [-0.2, 0) is 9.59 Å². The van der Waals surface area contributed by atoms with Gasteiger partial charge in [0.05, 0.1) is 0 Å². The maximum Gasteiger partial charge on any atom is 0.383 e. The molecule has 4 nitrogen and oxygen atoms in total. The molecule has 0 atom stereocenters. The van der Waals surface area contributed by atoms with Crippen molar-refractivity contribution in [3.05, 3.63) is 23.8 Å². The van der Waals surface area contributed by atoms with E-state index in [-0.39, 0.29) is 11.6 Å². The quantitative estimate of drug-likeness (QED) is 0.838. The normalized spacial score (nSPS) is 11.3. The Balaban J connectivity index is 2.87. The number of carbonyl (C=O) groups is 2. The van der Waals surface area contributed by atoms with Crippen molar-refractivity contribution in [2.24, 2.45) is 0 Å². The van der Waals surface area contributed by atoms with Crippen LogP contribution in [0.5, 0.6) is 0 Å². The third kappa shape index (κ3) is 3.69. The van der Waals surface area contributed by atoms with E-state index in [9.17, 15) is 27.2 Å². The minimum Gasteiger partial charge on any atom is -0.326 e. The number of carbonyl (C=O) groups excluding carboxylic acids is 2. The number of amides is 2. The summed E-state index contributed by atoms with van der Waals surface area (Å²) in [6, 6.07) is 3.87. The van der Waals surface area contributed by atoms with Crippen molar-refractivity contribution >= 4 is 23.2 Å². The summed E-state index contributed by atoms with van der Waals surface area (Å²) in [6.07, 6.45) is -4.08. The Bertz CT molecular complexity index is 532. The van der Waals surface area contributed by atoms with Gasteiger partial charge in [0.2, 0.25) is 5.91 Å². The highest BCUT2D eigenvalue weighted by Crippen LogP contribution is 2.26. The van der Waals surface area contributed by atoms with Crippen molar-refractivity contribution in [1.29, 1.82) is 0 Å². The molecule has 2 amide bonds. The molecule has 20 heavy (non-hydrogen) atoms. The van der Waals surface area contributed by atoms with Crippen LogP contribution in [0, 0.1) is 6.92 Å². The van der Waals surface area contributed by atoms with Crippen molar-refractivity contribution in [2.75, 3.05) is 10.6 Å². The smallest absolute Gasteiger partial charge is 0.326 e. The fraction of sp³-hybridized carbons (Fsp3) is 0.333. The SMILES string of the molecule is CC(=O)Nc1ccc(NC(=O)C(F)(F)C(F)F)cc1C. The molecule has 1 aromatic rings. The topological polar surface area (TPSA) is 58.2 Å². The highest BCUT2D eigenvalue weighted by Gasteiger charge is 2.48. The molecular weight excluding hydrogens is 280 g/mol. The first-order chi connectivity index (χ1) is 9.14. The summed E-state index contributed by atoms with van der Waals surface area (Å²) < 4.78 is 49.5. The fourth-order valence-electron chi connectivity index (χ4n) is 1.38. The Kier molecular flexibility index (Phi) is 4.69. The van der Waals surface area contributed by atoms with Gasteiger partial charge in [-0.05, 0) is 30.7 Å². The van der Waals surface area contributed by atoms with Gasteiger partial charge in [0, 0.05) is 18.3 Å². The van der Waals surface area contributed by atoms with E-state index in [0.717, 1.165) is 0 Å². The molecule has 0 saturated heterocycles. The lowest BCUT2D eigenvalue weighted by molar-refractivity contribution is -0.163. The molecule has 0 heterocycles. The van der Waals surface area contributed by atoms with E-state index in [2.05, 4.69) is 5.32 Å². The predicted molar refractivity (Wildman–Crippen MR) is 65.1 cm³/mol. The fourth-order valence-corrected chi connectivity index (χ4v) is 1.38. The molecule has 0 bridgehead atoms. The van der Waals surface area contributed by atoms with Gasteiger partial charge in [0.1, 0.15) is 0 Å². The highest BCUT2D eigenvalue weighted by atomic mass is 19.3. The zero-order valence-corrected chi connectivity index (χ0v) is 10.6. The number of halogens is 4. The lowest BCUT2D eigenvalue weighted by Crippen LogP contribution is -2.41. The van der Waals surface area contributed by atoms with Crippen molar-refractivity contribution in [2.45, 2.75) is 26.2 Å². The monoisotopic (exact) mass is 292 g/mol. The number of alkyl halides is 4. The molecule has 0 aliphatic rings. The number of rotatable bonds is 4. The van der Waals surface area contributed by atoms with Gasteiger partial charge in [-0.3, -0.25) is 9.59 Å². The number of hydrogen-bond acceptors (Lipinski definition) is 2. The van der Waals surface area contributed by atoms with Crippen molar-refractivity contribution in [3.63, 3.8) is 0 Å². The lowest BCUT2D eigenvalue weighted by Gasteiger charge is -2.15. The van der Waals surface area contributed by atoms with Gasteiger partial charge in [0.25, 0.3) is 0 Å². The van der Waals surface area contributed by atoms with E-state index < -0.39 is 18.3 Å². The van der Waals surface area contributed by atoms with Gasteiger partial charge in [-0.2, -0.15) is 8.78 Å². The molecule has 110 valence electrons. The molecule has 2 N–H and O–H groups in total. The molecule has 0 unspecified atom stereocenters. The average Bonchev–Trinajstić information content (AvgIpc) is 2.31. The Hall–Kier alpha value is -2.12. The first-order valence-corrected chi connectivity index (χ1v) is 5.50. The van der Waals surface area contributed by atoms with Crippen LogP contribution in [0.4, 0.5) is 28.9 Å². The van der Waals surface area contributed by atoms with Crippen LogP contribution in [0.15, 0.2) is 18.2 Å². The molecule has 0 saturated carbocycles. The van der Waals surface area contributed by atoms with E-state index in [1.165, 1.54) is 25.1 Å². The van der Waals surface area contributed by atoms with Crippen LogP contribution in [0.1, 0.15) is 12.5 Å². The Morgan fingerprint density at radius 2 is 1.80 bits per heavy atom. The molecule has 1 rings (SSSR count). The maximum absolute atomic E-state index is 12.8. The molecule has 1 aromatic carbocycles. The molecule has 0 aliphatic carbocycles. The first-order valence-electron chi connectivity index (χ1n) is 5.50. The largest absolute Gasteiger partial charge is 0.383 e. The van der Waals surface area contributed by atoms with Gasteiger partial charge in [-0.15, -0.1) is 0 Å². The number of aryl methyl sites for hydroxylation is 1. The number of nitrogens with one attached hydrogen (secondary N) is 2. The van der Waals surface area contributed by atoms with Crippen LogP contribution in [0.25, 0.3) is 0 Å². The Morgan fingerprint density at radius 3 is 2.25 bits per heavy atom. The summed E-state index contributed by atoms with van der Waals surface area (Å²) >= 11 is 0. The second kappa shape index (κ2) is 5.89. The summed E-state index contributed by atoms with van der Waals surface area (Å²) in [5.41, 5.74) is 0.844. The van der Waals surface area contributed by atoms with E-state index in [1.54, 1.807) is 12.2 Å². The van der Waals surface area contributed by atoms with Crippen molar-refractivity contribution < 1.29 is 27.2 Å². The Labute approximate surface area is 112 Å². The van der Waals surface area contributed by atoms with Gasteiger partial charge in [-0.25, -0.2) is 8.78 Å². The first kappa shape index (κ1) is 15.9. The molecule has 8 heteroatoms. The van der Waals surface area contributed by atoms with Gasteiger partial charge >= 0.3 is 18.3 Å². The van der Waals surface area contributed by atoms with E-state index in [0.29, 0.717) is 11.3 Å². The summed E-state index contributed by atoms with van der Waals surface area (Å²) in [5.74, 6) is -7.17.